The van der Waals surface area contributed by atoms with Crippen molar-refractivity contribution in [3.8, 4) is 0 Å². The molecule has 1 fully saturated rings. The Morgan fingerprint density at radius 1 is 1.24 bits per heavy atom. The van der Waals surface area contributed by atoms with Crippen molar-refractivity contribution < 1.29 is 14.7 Å². The Morgan fingerprint density at radius 2 is 1.82 bits per heavy atom. The Kier molecular flexibility index (Phi) is 5.45. The molecule has 1 aliphatic rings. The van der Waals surface area contributed by atoms with Crippen molar-refractivity contribution in [1.82, 2.24) is 5.32 Å². The number of aliphatic carboxylic acids is 1. The number of carbonyl (C=O) groups excluding carboxylic acids is 1. The lowest BCUT2D eigenvalue weighted by Crippen LogP contribution is -2.32. The number of carboxylic acids is 1. The maximum Gasteiger partial charge on any atom is 0.306 e. The second kappa shape index (κ2) is 6.62. The lowest BCUT2D eigenvalue weighted by atomic mass is 9.82. The Labute approximate surface area is 103 Å². The minimum Gasteiger partial charge on any atom is -0.481 e. The van der Waals surface area contributed by atoms with Crippen LogP contribution in [0.3, 0.4) is 0 Å². The van der Waals surface area contributed by atoms with Crippen molar-refractivity contribution in [3.05, 3.63) is 0 Å². The second-order valence-electron chi connectivity index (χ2n) is 5.46. The van der Waals surface area contributed by atoms with Gasteiger partial charge in [0.25, 0.3) is 0 Å². The van der Waals surface area contributed by atoms with Crippen LogP contribution >= 0.6 is 0 Å². The number of hydrogen-bond acceptors (Lipinski definition) is 2. The van der Waals surface area contributed by atoms with Gasteiger partial charge in [-0.2, -0.15) is 0 Å². The molecule has 0 unspecified atom stereocenters. The zero-order valence-corrected chi connectivity index (χ0v) is 10.7. The minimum absolute atomic E-state index is 0.111. The predicted octanol–water partition coefficient (Wildman–Crippen LogP) is 2.04. The topological polar surface area (TPSA) is 66.4 Å². The highest BCUT2D eigenvalue weighted by Gasteiger charge is 2.25. The minimum atomic E-state index is -0.674. The van der Waals surface area contributed by atoms with E-state index in [1.165, 1.54) is 0 Å². The molecular weight excluding hydrogens is 218 g/mol. The molecule has 0 spiro atoms. The van der Waals surface area contributed by atoms with Gasteiger partial charge >= 0.3 is 5.97 Å². The van der Waals surface area contributed by atoms with Crippen LogP contribution in [0.4, 0.5) is 0 Å². The standard InChI is InChI=1S/C13H23NO3/c1-9(2)7-12(15)14-8-10-3-5-11(6-4-10)13(16)17/h9-11H,3-8H2,1-2H3,(H,14,15)(H,16,17)/t10-,11-. The Hall–Kier alpha value is -1.06. The molecule has 1 aliphatic carbocycles. The monoisotopic (exact) mass is 241 g/mol. The van der Waals surface area contributed by atoms with Gasteiger partial charge in [0.1, 0.15) is 0 Å². The van der Waals surface area contributed by atoms with Gasteiger partial charge < -0.3 is 10.4 Å². The average Bonchev–Trinajstić information content (AvgIpc) is 2.26. The number of hydrogen-bond donors (Lipinski definition) is 2. The van der Waals surface area contributed by atoms with E-state index in [1.807, 2.05) is 13.8 Å². The normalized spacial score (nSPS) is 24.6. The van der Waals surface area contributed by atoms with Gasteiger partial charge in [-0.15, -0.1) is 0 Å². The number of nitrogens with one attached hydrogen (secondary N) is 1. The predicted molar refractivity (Wildman–Crippen MR) is 65.5 cm³/mol. The molecule has 0 bridgehead atoms. The van der Waals surface area contributed by atoms with Crippen LogP contribution < -0.4 is 5.32 Å². The van der Waals surface area contributed by atoms with Crippen LogP contribution in [-0.2, 0) is 9.59 Å². The fraction of sp³-hybridized carbons (Fsp3) is 0.846. The van der Waals surface area contributed by atoms with Crippen molar-refractivity contribution in [2.24, 2.45) is 17.8 Å². The maximum atomic E-state index is 11.5. The summed E-state index contributed by atoms with van der Waals surface area (Å²) in [6.07, 6.45) is 3.91. The molecule has 1 rings (SSSR count). The fourth-order valence-corrected chi connectivity index (χ4v) is 2.31. The molecule has 0 atom stereocenters. The van der Waals surface area contributed by atoms with E-state index in [-0.39, 0.29) is 11.8 Å². The van der Waals surface area contributed by atoms with Crippen LogP contribution in [0.1, 0.15) is 46.0 Å². The largest absolute Gasteiger partial charge is 0.481 e. The summed E-state index contributed by atoms with van der Waals surface area (Å²) in [6, 6.07) is 0. The van der Waals surface area contributed by atoms with Crippen LogP contribution in [0.2, 0.25) is 0 Å². The molecule has 98 valence electrons. The first kappa shape index (κ1) is 14.0. The van der Waals surface area contributed by atoms with Crippen molar-refractivity contribution in [2.45, 2.75) is 46.0 Å². The van der Waals surface area contributed by atoms with Crippen LogP contribution in [-0.4, -0.2) is 23.5 Å². The number of amides is 1. The van der Waals surface area contributed by atoms with Crippen LogP contribution in [0.25, 0.3) is 0 Å². The van der Waals surface area contributed by atoms with Crippen molar-refractivity contribution >= 4 is 11.9 Å². The number of carbonyl (C=O) groups is 2. The van der Waals surface area contributed by atoms with Crippen LogP contribution in [0.15, 0.2) is 0 Å². The third-order valence-electron chi connectivity index (χ3n) is 3.38. The number of rotatable bonds is 5. The lowest BCUT2D eigenvalue weighted by molar-refractivity contribution is -0.143. The third kappa shape index (κ3) is 5.20. The summed E-state index contributed by atoms with van der Waals surface area (Å²) >= 11 is 0. The van der Waals surface area contributed by atoms with Gasteiger partial charge in [0.15, 0.2) is 0 Å². The molecule has 0 heterocycles. The van der Waals surface area contributed by atoms with Crippen molar-refractivity contribution in [2.75, 3.05) is 6.54 Å². The van der Waals surface area contributed by atoms with Gasteiger partial charge in [0.2, 0.25) is 5.91 Å². The Morgan fingerprint density at radius 3 is 2.29 bits per heavy atom. The second-order valence-corrected chi connectivity index (χ2v) is 5.46. The van der Waals surface area contributed by atoms with Crippen LogP contribution in [0, 0.1) is 17.8 Å². The summed E-state index contributed by atoms with van der Waals surface area (Å²) in [4.78, 5) is 22.2. The summed E-state index contributed by atoms with van der Waals surface area (Å²) in [7, 11) is 0. The zero-order valence-electron chi connectivity index (χ0n) is 10.7. The summed E-state index contributed by atoms with van der Waals surface area (Å²) in [5.74, 6) is 0.115. The smallest absolute Gasteiger partial charge is 0.306 e. The molecular formula is C13H23NO3. The highest BCUT2D eigenvalue weighted by molar-refractivity contribution is 5.76. The molecule has 1 saturated carbocycles. The molecule has 0 aliphatic heterocycles. The van der Waals surface area contributed by atoms with Gasteiger partial charge in [0.05, 0.1) is 5.92 Å². The van der Waals surface area contributed by atoms with Gasteiger partial charge in [-0.3, -0.25) is 9.59 Å². The molecule has 2 N–H and O–H groups in total. The quantitative estimate of drug-likeness (QED) is 0.774. The van der Waals surface area contributed by atoms with Crippen molar-refractivity contribution in [3.63, 3.8) is 0 Å². The number of carboxylic acid groups (broad SMARTS) is 1. The summed E-state index contributed by atoms with van der Waals surface area (Å²) in [5, 5.41) is 11.8. The first-order valence-electron chi connectivity index (χ1n) is 6.48. The van der Waals surface area contributed by atoms with E-state index in [2.05, 4.69) is 5.32 Å². The molecule has 17 heavy (non-hydrogen) atoms. The van der Waals surface area contributed by atoms with Gasteiger partial charge in [-0.05, 0) is 37.5 Å². The van der Waals surface area contributed by atoms with Crippen LogP contribution in [0.5, 0.6) is 0 Å². The highest BCUT2D eigenvalue weighted by Crippen LogP contribution is 2.28. The third-order valence-corrected chi connectivity index (χ3v) is 3.38. The molecule has 0 saturated heterocycles. The summed E-state index contributed by atoms with van der Waals surface area (Å²) in [5.41, 5.74) is 0. The highest BCUT2D eigenvalue weighted by atomic mass is 16.4. The van der Waals surface area contributed by atoms with Crippen molar-refractivity contribution in [1.29, 1.82) is 0 Å². The van der Waals surface area contributed by atoms with E-state index in [1.54, 1.807) is 0 Å². The summed E-state index contributed by atoms with van der Waals surface area (Å²) in [6.45, 7) is 4.76. The molecule has 4 nitrogen and oxygen atoms in total. The van der Waals surface area contributed by atoms with E-state index in [4.69, 9.17) is 5.11 Å². The Balaban J connectivity index is 2.18. The lowest BCUT2D eigenvalue weighted by Gasteiger charge is -2.26. The molecule has 0 aromatic heterocycles. The SMILES string of the molecule is CC(C)CC(=O)NC[C@H]1CC[C@H](C(=O)O)CC1. The zero-order chi connectivity index (χ0) is 12.8. The molecule has 0 aromatic carbocycles. The first-order chi connectivity index (χ1) is 7.99. The van der Waals surface area contributed by atoms with E-state index in [0.717, 1.165) is 25.7 Å². The van der Waals surface area contributed by atoms with Gasteiger partial charge in [-0.25, -0.2) is 0 Å². The first-order valence-corrected chi connectivity index (χ1v) is 6.48. The van der Waals surface area contributed by atoms with Gasteiger partial charge in [-0.1, -0.05) is 13.8 Å². The molecule has 0 radical (unpaired) electrons. The van der Waals surface area contributed by atoms with Gasteiger partial charge in [0, 0.05) is 13.0 Å². The molecule has 1 amide bonds. The average molecular weight is 241 g/mol. The van der Waals surface area contributed by atoms with E-state index in [0.29, 0.717) is 24.8 Å². The fourth-order valence-electron chi connectivity index (χ4n) is 2.31. The maximum absolute atomic E-state index is 11.5. The van der Waals surface area contributed by atoms with E-state index >= 15 is 0 Å². The van der Waals surface area contributed by atoms with E-state index in [9.17, 15) is 9.59 Å². The summed E-state index contributed by atoms with van der Waals surface area (Å²) < 4.78 is 0. The molecule has 4 heteroatoms. The molecule has 0 aromatic rings. The Bertz CT molecular complexity index is 268. The van der Waals surface area contributed by atoms with E-state index < -0.39 is 5.97 Å².